The number of hydrogen-bond donors (Lipinski definition) is 0. The van der Waals surface area contributed by atoms with E-state index in [0.29, 0.717) is 5.56 Å². The van der Waals surface area contributed by atoms with Crippen LogP contribution in [0.15, 0.2) is 60.7 Å². The summed E-state index contributed by atoms with van der Waals surface area (Å²) in [5.41, 5.74) is 2.87. The molecule has 0 aliphatic carbocycles. The molecule has 2 heteroatoms. The smallest absolute Gasteiger partial charge is 0.130 e. The van der Waals surface area contributed by atoms with E-state index in [1.54, 1.807) is 12.1 Å². The highest BCUT2D eigenvalue weighted by molar-refractivity contribution is 6.00. The summed E-state index contributed by atoms with van der Waals surface area (Å²) in [5.74, 6) is -0.201. The van der Waals surface area contributed by atoms with Gasteiger partial charge in [0.05, 0.1) is 0 Å². The van der Waals surface area contributed by atoms with Crippen LogP contribution in [0.3, 0.4) is 0 Å². The molecule has 22 heavy (non-hydrogen) atoms. The first-order valence-corrected chi connectivity index (χ1v) is 7.28. The zero-order valence-corrected chi connectivity index (χ0v) is 12.8. The Labute approximate surface area is 130 Å². The fraction of sp³-hybridized carbons (Fsp3) is 0.100. The summed E-state index contributed by atoms with van der Waals surface area (Å²) in [6.45, 7) is 0. The molecule has 0 aromatic heterocycles. The number of rotatable bonds is 3. The summed E-state index contributed by atoms with van der Waals surface area (Å²) in [6, 6.07) is 19.3. The summed E-state index contributed by atoms with van der Waals surface area (Å²) in [6.07, 6.45) is 3.80. The Morgan fingerprint density at radius 2 is 1.36 bits per heavy atom. The van der Waals surface area contributed by atoms with Crippen molar-refractivity contribution in [3.05, 3.63) is 77.6 Å². The molecule has 0 saturated carbocycles. The van der Waals surface area contributed by atoms with Crippen LogP contribution in [0.25, 0.3) is 22.9 Å². The van der Waals surface area contributed by atoms with Gasteiger partial charge in [-0.3, -0.25) is 0 Å². The third-order valence-electron chi connectivity index (χ3n) is 3.76. The highest BCUT2D eigenvalue weighted by Crippen LogP contribution is 2.29. The molecule has 0 heterocycles. The average molecular weight is 291 g/mol. The summed E-state index contributed by atoms with van der Waals surface area (Å²) in [4.78, 5) is 2.10. The zero-order chi connectivity index (χ0) is 15.5. The lowest BCUT2D eigenvalue weighted by molar-refractivity contribution is 0.625. The molecule has 0 N–H and O–H groups in total. The maximum atomic E-state index is 13.7. The molecule has 0 bridgehead atoms. The van der Waals surface area contributed by atoms with Gasteiger partial charge in [-0.15, -0.1) is 0 Å². The van der Waals surface area contributed by atoms with Crippen molar-refractivity contribution in [2.75, 3.05) is 19.0 Å². The molecule has 0 aliphatic rings. The largest absolute Gasteiger partial charge is 0.377 e. The summed E-state index contributed by atoms with van der Waals surface area (Å²) in [5, 5.41) is 2.37. The Bertz CT molecular complexity index is 834. The molecule has 0 aliphatic heterocycles. The maximum absolute atomic E-state index is 13.7. The van der Waals surface area contributed by atoms with Crippen LogP contribution in [0, 0.1) is 5.82 Å². The first-order chi connectivity index (χ1) is 10.7. The molecule has 0 fully saturated rings. The van der Waals surface area contributed by atoms with Gasteiger partial charge >= 0.3 is 0 Å². The van der Waals surface area contributed by atoms with Gasteiger partial charge in [0, 0.05) is 30.7 Å². The number of hydrogen-bond acceptors (Lipinski definition) is 1. The van der Waals surface area contributed by atoms with Crippen LogP contribution in [-0.2, 0) is 0 Å². The molecule has 0 unspecified atom stereocenters. The van der Waals surface area contributed by atoms with Crippen molar-refractivity contribution in [1.82, 2.24) is 0 Å². The van der Waals surface area contributed by atoms with Crippen LogP contribution >= 0.6 is 0 Å². The Balaban J connectivity index is 2.09. The van der Waals surface area contributed by atoms with E-state index >= 15 is 0 Å². The third-order valence-corrected chi connectivity index (χ3v) is 3.76. The first kappa shape index (κ1) is 14.3. The van der Waals surface area contributed by atoms with E-state index in [2.05, 4.69) is 29.2 Å². The van der Waals surface area contributed by atoms with E-state index in [0.717, 1.165) is 5.56 Å². The molecule has 110 valence electrons. The van der Waals surface area contributed by atoms with Crippen molar-refractivity contribution in [2.45, 2.75) is 0 Å². The maximum Gasteiger partial charge on any atom is 0.130 e. The fourth-order valence-corrected chi connectivity index (χ4v) is 2.63. The van der Waals surface area contributed by atoms with E-state index < -0.39 is 0 Å². The molecule has 0 radical (unpaired) electrons. The minimum Gasteiger partial charge on any atom is -0.377 e. The molecule has 0 saturated heterocycles. The molecule has 1 nitrogen and oxygen atoms in total. The highest BCUT2D eigenvalue weighted by Gasteiger charge is 2.05. The lowest BCUT2D eigenvalue weighted by atomic mass is 10.0. The van der Waals surface area contributed by atoms with Crippen molar-refractivity contribution >= 4 is 28.6 Å². The average Bonchev–Trinajstić information content (AvgIpc) is 2.53. The predicted molar refractivity (Wildman–Crippen MR) is 93.6 cm³/mol. The van der Waals surface area contributed by atoms with Crippen molar-refractivity contribution in [1.29, 1.82) is 0 Å². The second-order valence-corrected chi connectivity index (χ2v) is 5.47. The van der Waals surface area contributed by atoms with Gasteiger partial charge < -0.3 is 4.90 Å². The molecule has 3 rings (SSSR count). The molecule has 3 aromatic carbocycles. The lowest BCUT2D eigenvalue weighted by Crippen LogP contribution is -2.09. The van der Waals surface area contributed by atoms with Crippen molar-refractivity contribution in [2.24, 2.45) is 0 Å². The third kappa shape index (κ3) is 2.73. The zero-order valence-electron chi connectivity index (χ0n) is 12.8. The fourth-order valence-electron chi connectivity index (χ4n) is 2.63. The van der Waals surface area contributed by atoms with Gasteiger partial charge in [0.2, 0.25) is 0 Å². The van der Waals surface area contributed by atoms with Gasteiger partial charge in [0.15, 0.2) is 0 Å². The van der Waals surface area contributed by atoms with Crippen LogP contribution in [0.2, 0.25) is 0 Å². The van der Waals surface area contributed by atoms with Crippen molar-refractivity contribution < 1.29 is 4.39 Å². The second kappa shape index (κ2) is 6.02. The minimum atomic E-state index is -0.201. The molecular formula is C20H18FN. The van der Waals surface area contributed by atoms with E-state index in [4.69, 9.17) is 0 Å². The predicted octanol–water partition coefficient (Wildman–Crippen LogP) is 5.22. The summed E-state index contributed by atoms with van der Waals surface area (Å²) in [7, 11) is 4.08. The van der Waals surface area contributed by atoms with Crippen LogP contribution in [-0.4, -0.2) is 14.1 Å². The molecule has 0 atom stereocenters. The van der Waals surface area contributed by atoms with Crippen LogP contribution in [0.4, 0.5) is 10.1 Å². The van der Waals surface area contributed by atoms with Gasteiger partial charge in [0.1, 0.15) is 5.82 Å². The van der Waals surface area contributed by atoms with E-state index in [1.165, 1.54) is 22.5 Å². The van der Waals surface area contributed by atoms with Gasteiger partial charge in [-0.25, -0.2) is 4.39 Å². The Kier molecular flexibility index (Phi) is 3.92. The number of nitrogens with zero attached hydrogens (tertiary/aromatic N) is 1. The van der Waals surface area contributed by atoms with Crippen molar-refractivity contribution in [3.8, 4) is 0 Å². The van der Waals surface area contributed by atoms with Gasteiger partial charge in [0.25, 0.3) is 0 Å². The number of benzene rings is 3. The second-order valence-electron chi connectivity index (χ2n) is 5.47. The van der Waals surface area contributed by atoms with Crippen LogP contribution in [0.5, 0.6) is 0 Å². The van der Waals surface area contributed by atoms with Gasteiger partial charge in [-0.1, -0.05) is 60.7 Å². The summed E-state index contributed by atoms with van der Waals surface area (Å²) >= 11 is 0. The molecule has 3 aromatic rings. The van der Waals surface area contributed by atoms with Gasteiger partial charge in [-0.2, -0.15) is 0 Å². The van der Waals surface area contributed by atoms with Crippen LogP contribution < -0.4 is 4.90 Å². The molecule has 0 spiro atoms. The van der Waals surface area contributed by atoms with E-state index in [9.17, 15) is 4.39 Å². The standard InChI is InChI=1S/C20H18FN/c1-22(2)20-14-13-15(17-8-4-5-9-18(17)20)11-12-16-7-3-6-10-19(16)21/h3-14H,1-2H3. The Morgan fingerprint density at radius 3 is 2.09 bits per heavy atom. The Hall–Kier alpha value is -2.61. The first-order valence-electron chi connectivity index (χ1n) is 7.28. The molecular weight excluding hydrogens is 273 g/mol. The number of halogens is 1. The SMILES string of the molecule is CN(C)c1ccc(C=Cc2ccccc2F)c2ccccc12. The quantitative estimate of drug-likeness (QED) is 0.598. The minimum absolute atomic E-state index is 0.201. The number of fused-ring (bicyclic) bond motifs is 1. The van der Waals surface area contributed by atoms with E-state index in [1.807, 2.05) is 44.4 Å². The molecule has 0 amide bonds. The van der Waals surface area contributed by atoms with Gasteiger partial charge in [-0.05, 0) is 23.1 Å². The Morgan fingerprint density at radius 1 is 0.727 bits per heavy atom. The lowest BCUT2D eigenvalue weighted by Gasteiger charge is -2.16. The van der Waals surface area contributed by atoms with E-state index in [-0.39, 0.29) is 5.82 Å². The number of anilines is 1. The van der Waals surface area contributed by atoms with Crippen molar-refractivity contribution in [3.63, 3.8) is 0 Å². The highest BCUT2D eigenvalue weighted by atomic mass is 19.1. The normalized spacial score (nSPS) is 11.2. The van der Waals surface area contributed by atoms with Crippen LogP contribution in [0.1, 0.15) is 11.1 Å². The summed E-state index contributed by atoms with van der Waals surface area (Å²) < 4.78 is 13.7. The topological polar surface area (TPSA) is 3.24 Å². The monoisotopic (exact) mass is 291 g/mol.